The molecule has 0 radical (unpaired) electrons. The van der Waals surface area contributed by atoms with Crippen LogP contribution >= 0.6 is 15.9 Å². The topological polar surface area (TPSA) is 26.3 Å². The summed E-state index contributed by atoms with van der Waals surface area (Å²) in [4.78, 5) is 10.7. The Balaban J connectivity index is 2.64. The average Bonchev–Trinajstić information content (AvgIpc) is 2.17. The maximum Gasteiger partial charge on any atom is 0.317 e. The van der Waals surface area contributed by atoms with Crippen LogP contribution in [0.2, 0.25) is 0 Å². The molecule has 1 aromatic carbocycles. The van der Waals surface area contributed by atoms with Gasteiger partial charge in [0.1, 0.15) is 6.42 Å². The lowest BCUT2D eigenvalue weighted by Gasteiger charge is -1.91. The molecule has 0 bridgehead atoms. The minimum absolute atomic E-state index is 0.128. The van der Waals surface area contributed by atoms with Gasteiger partial charge in [-0.15, -0.1) is 0 Å². The predicted molar refractivity (Wildman–Crippen MR) is 57.7 cm³/mol. The Morgan fingerprint density at radius 3 is 3.00 bits per heavy atom. The summed E-state index contributed by atoms with van der Waals surface area (Å²) in [6.07, 6.45) is 0.128. The average molecular weight is 253 g/mol. The number of ether oxygens (including phenoxy) is 1. The smallest absolute Gasteiger partial charge is 0.317 e. The van der Waals surface area contributed by atoms with E-state index in [1.165, 1.54) is 7.11 Å². The first kappa shape index (κ1) is 10.8. The van der Waals surface area contributed by atoms with Crippen molar-refractivity contribution in [3.63, 3.8) is 0 Å². The van der Waals surface area contributed by atoms with E-state index >= 15 is 0 Å². The summed E-state index contributed by atoms with van der Waals surface area (Å²) in [5, 5.41) is 0. The Morgan fingerprint density at radius 1 is 1.57 bits per heavy atom. The van der Waals surface area contributed by atoms with Crippen LogP contribution in [0.15, 0.2) is 28.7 Å². The molecule has 3 heteroatoms. The number of benzene rings is 1. The van der Waals surface area contributed by atoms with Crippen LogP contribution in [0.1, 0.15) is 12.0 Å². The standard InChI is InChI=1S/C11H9BrO2/c1-14-11(13)7-3-5-9-4-2-6-10(12)8-9/h2,4,6,8H,7H2,1H3. The van der Waals surface area contributed by atoms with E-state index in [0.29, 0.717) is 0 Å². The summed E-state index contributed by atoms with van der Waals surface area (Å²) in [5.41, 5.74) is 0.878. The predicted octanol–water partition coefficient (Wildman–Crippen LogP) is 2.36. The van der Waals surface area contributed by atoms with Crippen molar-refractivity contribution in [3.8, 4) is 11.8 Å². The Labute approximate surface area is 91.4 Å². The van der Waals surface area contributed by atoms with Crippen LogP contribution in [0.5, 0.6) is 0 Å². The van der Waals surface area contributed by atoms with Crippen LogP contribution in [-0.2, 0) is 9.53 Å². The quantitative estimate of drug-likeness (QED) is 0.567. The number of esters is 1. The largest absolute Gasteiger partial charge is 0.468 e. The first-order chi connectivity index (χ1) is 6.72. The van der Waals surface area contributed by atoms with E-state index in [0.717, 1.165) is 10.0 Å². The van der Waals surface area contributed by atoms with Crippen molar-refractivity contribution in [2.24, 2.45) is 0 Å². The minimum Gasteiger partial charge on any atom is -0.468 e. The zero-order chi connectivity index (χ0) is 10.4. The van der Waals surface area contributed by atoms with E-state index in [1.807, 2.05) is 24.3 Å². The van der Waals surface area contributed by atoms with Crippen molar-refractivity contribution in [1.82, 2.24) is 0 Å². The molecule has 0 fully saturated rings. The van der Waals surface area contributed by atoms with Gasteiger partial charge in [-0.3, -0.25) is 4.79 Å². The van der Waals surface area contributed by atoms with Crippen molar-refractivity contribution in [2.45, 2.75) is 6.42 Å². The molecular weight excluding hydrogens is 244 g/mol. The molecule has 1 rings (SSSR count). The number of carbonyl (C=O) groups excluding carboxylic acids is 1. The second-order valence-corrected chi connectivity index (χ2v) is 3.48. The van der Waals surface area contributed by atoms with Crippen molar-refractivity contribution in [1.29, 1.82) is 0 Å². The number of hydrogen-bond acceptors (Lipinski definition) is 2. The summed E-state index contributed by atoms with van der Waals surface area (Å²) in [5.74, 6) is 5.29. The number of halogens is 1. The molecule has 0 unspecified atom stereocenters. The second-order valence-electron chi connectivity index (χ2n) is 2.57. The molecular formula is C11H9BrO2. The Hall–Kier alpha value is -1.27. The highest BCUT2D eigenvalue weighted by molar-refractivity contribution is 9.10. The first-order valence-corrected chi connectivity index (χ1v) is 4.83. The van der Waals surface area contributed by atoms with Crippen molar-refractivity contribution in [2.75, 3.05) is 7.11 Å². The van der Waals surface area contributed by atoms with E-state index in [2.05, 4.69) is 32.5 Å². The van der Waals surface area contributed by atoms with Gasteiger partial charge in [-0.2, -0.15) is 0 Å². The summed E-state index contributed by atoms with van der Waals surface area (Å²) < 4.78 is 5.44. The van der Waals surface area contributed by atoms with Crippen molar-refractivity contribution >= 4 is 21.9 Å². The van der Waals surface area contributed by atoms with Crippen LogP contribution in [0.3, 0.4) is 0 Å². The molecule has 0 aliphatic carbocycles. The van der Waals surface area contributed by atoms with Gasteiger partial charge in [-0.05, 0) is 18.2 Å². The van der Waals surface area contributed by atoms with E-state index in [-0.39, 0.29) is 12.4 Å². The maximum atomic E-state index is 10.7. The lowest BCUT2D eigenvalue weighted by atomic mass is 10.2. The highest BCUT2D eigenvalue weighted by Gasteiger charge is 1.93. The summed E-state index contributed by atoms with van der Waals surface area (Å²) in [6, 6.07) is 7.59. The molecule has 0 spiro atoms. The Morgan fingerprint density at radius 2 is 2.36 bits per heavy atom. The third kappa shape index (κ3) is 3.63. The van der Waals surface area contributed by atoms with E-state index < -0.39 is 0 Å². The fourth-order valence-corrected chi connectivity index (χ4v) is 1.26. The third-order valence-corrected chi connectivity index (χ3v) is 2.01. The molecule has 0 N–H and O–H groups in total. The van der Waals surface area contributed by atoms with Gasteiger partial charge in [-0.25, -0.2) is 0 Å². The monoisotopic (exact) mass is 252 g/mol. The van der Waals surface area contributed by atoms with E-state index in [1.54, 1.807) is 0 Å². The first-order valence-electron chi connectivity index (χ1n) is 4.03. The molecule has 0 heterocycles. The summed E-state index contributed by atoms with van der Waals surface area (Å²) >= 11 is 3.34. The highest BCUT2D eigenvalue weighted by atomic mass is 79.9. The van der Waals surface area contributed by atoms with Gasteiger partial charge in [0.2, 0.25) is 0 Å². The third-order valence-electron chi connectivity index (χ3n) is 1.52. The van der Waals surface area contributed by atoms with Crippen LogP contribution in [-0.4, -0.2) is 13.1 Å². The second kappa shape index (κ2) is 5.46. The molecule has 14 heavy (non-hydrogen) atoms. The number of carbonyl (C=O) groups is 1. The molecule has 72 valence electrons. The van der Waals surface area contributed by atoms with E-state index in [4.69, 9.17) is 0 Å². The fourth-order valence-electron chi connectivity index (χ4n) is 0.857. The molecule has 0 atom stereocenters. The molecule has 0 amide bonds. The van der Waals surface area contributed by atoms with Gasteiger partial charge in [0, 0.05) is 10.0 Å². The highest BCUT2D eigenvalue weighted by Crippen LogP contribution is 2.10. The van der Waals surface area contributed by atoms with Gasteiger partial charge in [0.15, 0.2) is 0 Å². The van der Waals surface area contributed by atoms with Gasteiger partial charge in [0.25, 0.3) is 0 Å². The van der Waals surface area contributed by atoms with E-state index in [9.17, 15) is 4.79 Å². The normalized spacial score (nSPS) is 8.71. The molecule has 0 aliphatic rings. The van der Waals surface area contributed by atoms with Crippen LogP contribution < -0.4 is 0 Å². The fraction of sp³-hybridized carbons (Fsp3) is 0.182. The van der Waals surface area contributed by atoms with Gasteiger partial charge < -0.3 is 4.74 Å². The molecule has 0 saturated heterocycles. The lowest BCUT2D eigenvalue weighted by molar-refractivity contribution is -0.139. The minimum atomic E-state index is -0.313. The molecule has 2 nitrogen and oxygen atoms in total. The van der Waals surface area contributed by atoms with Crippen molar-refractivity contribution in [3.05, 3.63) is 34.3 Å². The number of methoxy groups -OCH3 is 1. The SMILES string of the molecule is COC(=O)CC#Cc1cccc(Br)c1. The van der Waals surface area contributed by atoms with Crippen LogP contribution in [0.4, 0.5) is 0 Å². The van der Waals surface area contributed by atoms with Crippen molar-refractivity contribution < 1.29 is 9.53 Å². The van der Waals surface area contributed by atoms with Crippen LogP contribution in [0.25, 0.3) is 0 Å². The number of hydrogen-bond donors (Lipinski definition) is 0. The molecule has 1 aromatic rings. The number of rotatable bonds is 1. The molecule has 0 aromatic heterocycles. The van der Waals surface area contributed by atoms with Gasteiger partial charge in [0.05, 0.1) is 7.11 Å². The zero-order valence-corrected chi connectivity index (χ0v) is 9.30. The van der Waals surface area contributed by atoms with Crippen LogP contribution in [0, 0.1) is 11.8 Å². The Kier molecular flexibility index (Phi) is 4.21. The molecule has 0 saturated carbocycles. The summed E-state index contributed by atoms with van der Waals surface area (Å²) in [6.45, 7) is 0. The van der Waals surface area contributed by atoms with Gasteiger partial charge in [-0.1, -0.05) is 33.8 Å². The van der Waals surface area contributed by atoms with Gasteiger partial charge >= 0.3 is 5.97 Å². The summed E-state index contributed by atoms with van der Waals surface area (Å²) in [7, 11) is 1.35. The Bertz CT molecular complexity index is 388. The molecule has 0 aliphatic heterocycles. The maximum absolute atomic E-state index is 10.7. The lowest BCUT2D eigenvalue weighted by Crippen LogP contribution is -1.96. The zero-order valence-electron chi connectivity index (χ0n) is 7.71.